The highest BCUT2D eigenvalue weighted by molar-refractivity contribution is 5.56. The van der Waals surface area contributed by atoms with Crippen molar-refractivity contribution in [3.8, 4) is 0 Å². The maximum Gasteiger partial charge on any atom is 0.229 e. The number of ether oxygens (including phenoxy) is 1. The van der Waals surface area contributed by atoms with E-state index < -0.39 is 0 Å². The minimum Gasteiger partial charge on any atom is -0.377 e. The lowest BCUT2D eigenvalue weighted by Crippen LogP contribution is -2.37. The van der Waals surface area contributed by atoms with Crippen LogP contribution in [0.3, 0.4) is 0 Å². The standard InChI is InChI=1S/C24H33N5O/c1-4-13-28(3)17-20-8-6-10-22(16-20)26-24-25-12-11-23(27-24)29-14-7-9-21(18-29)19-30-15-5-2/h4-6,8,10-12,16,21H,1-2,7,9,13-15,17-19H2,3H3,(H,25,26,27). The summed E-state index contributed by atoms with van der Waals surface area (Å²) in [6.45, 7) is 12.6. The summed E-state index contributed by atoms with van der Waals surface area (Å²) in [6, 6.07) is 10.4. The SMILES string of the molecule is C=CCOCC1CCCN(c2ccnc(Nc3cccc(CN(C)CC=C)c3)n2)C1. The second-order valence-electron chi connectivity index (χ2n) is 7.83. The highest BCUT2D eigenvalue weighted by Gasteiger charge is 2.21. The summed E-state index contributed by atoms with van der Waals surface area (Å²) in [5.74, 6) is 2.10. The van der Waals surface area contributed by atoms with Gasteiger partial charge in [0.15, 0.2) is 0 Å². The van der Waals surface area contributed by atoms with E-state index in [1.165, 1.54) is 12.0 Å². The van der Waals surface area contributed by atoms with Gasteiger partial charge in [0.1, 0.15) is 5.82 Å². The number of hydrogen-bond donors (Lipinski definition) is 1. The van der Waals surface area contributed by atoms with Gasteiger partial charge in [-0.3, -0.25) is 4.90 Å². The Hall–Kier alpha value is -2.70. The predicted molar refractivity (Wildman–Crippen MR) is 124 cm³/mol. The fourth-order valence-corrected chi connectivity index (χ4v) is 3.79. The fraction of sp³-hybridized carbons (Fsp3) is 0.417. The number of piperidine rings is 1. The van der Waals surface area contributed by atoms with Crippen molar-refractivity contribution in [3.63, 3.8) is 0 Å². The van der Waals surface area contributed by atoms with E-state index in [9.17, 15) is 0 Å². The molecule has 1 aliphatic rings. The van der Waals surface area contributed by atoms with Crippen LogP contribution in [0.25, 0.3) is 0 Å². The number of hydrogen-bond acceptors (Lipinski definition) is 6. The summed E-state index contributed by atoms with van der Waals surface area (Å²) in [4.78, 5) is 13.7. The van der Waals surface area contributed by atoms with E-state index in [-0.39, 0.29) is 0 Å². The van der Waals surface area contributed by atoms with Crippen LogP contribution in [-0.2, 0) is 11.3 Å². The molecule has 0 spiro atoms. The van der Waals surface area contributed by atoms with Crippen LogP contribution in [0.4, 0.5) is 17.5 Å². The minimum atomic E-state index is 0.523. The molecule has 0 amide bonds. The predicted octanol–water partition coefficient (Wildman–Crippen LogP) is 4.26. The minimum absolute atomic E-state index is 0.523. The van der Waals surface area contributed by atoms with Crippen molar-refractivity contribution in [1.29, 1.82) is 0 Å². The molecule has 0 aliphatic carbocycles. The van der Waals surface area contributed by atoms with Crippen molar-refractivity contribution in [2.45, 2.75) is 19.4 Å². The Balaban J connectivity index is 1.63. The van der Waals surface area contributed by atoms with Crippen LogP contribution >= 0.6 is 0 Å². The number of nitrogens with one attached hydrogen (secondary N) is 1. The molecule has 3 rings (SSSR count). The largest absolute Gasteiger partial charge is 0.377 e. The third-order valence-electron chi connectivity index (χ3n) is 5.15. The summed E-state index contributed by atoms with van der Waals surface area (Å²) >= 11 is 0. The van der Waals surface area contributed by atoms with Crippen LogP contribution in [0.15, 0.2) is 61.8 Å². The highest BCUT2D eigenvalue weighted by Crippen LogP contribution is 2.23. The molecule has 1 N–H and O–H groups in total. The molecule has 1 saturated heterocycles. The maximum absolute atomic E-state index is 5.66. The van der Waals surface area contributed by atoms with E-state index in [1.807, 2.05) is 24.4 Å². The first-order valence-electron chi connectivity index (χ1n) is 10.6. The van der Waals surface area contributed by atoms with E-state index in [1.54, 1.807) is 6.08 Å². The first-order chi connectivity index (χ1) is 14.7. The number of benzene rings is 1. The maximum atomic E-state index is 5.66. The van der Waals surface area contributed by atoms with Crippen molar-refractivity contribution in [2.75, 3.05) is 50.1 Å². The van der Waals surface area contributed by atoms with E-state index in [2.05, 4.69) is 58.5 Å². The number of aromatic nitrogens is 2. The molecule has 0 saturated carbocycles. The van der Waals surface area contributed by atoms with Gasteiger partial charge in [-0.05, 0) is 49.6 Å². The topological polar surface area (TPSA) is 53.5 Å². The van der Waals surface area contributed by atoms with E-state index in [0.29, 0.717) is 18.5 Å². The zero-order valence-electron chi connectivity index (χ0n) is 18.0. The van der Waals surface area contributed by atoms with Crippen LogP contribution in [0.1, 0.15) is 18.4 Å². The number of nitrogens with zero attached hydrogens (tertiary/aromatic N) is 4. The van der Waals surface area contributed by atoms with Gasteiger partial charge < -0.3 is 15.0 Å². The normalized spacial score (nSPS) is 16.5. The van der Waals surface area contributed by atoms with Crippen molar-refractivity contribution in [2.24, 2.45) is 5.92 Å². The lowest BCUT2D eigenvalue weighted by atomic mass is 9.99. The van der Waals surface area contributed by atoms with Crippen LogP contribution in [-0.4, -0.2) is 54.8 Å². The molecule has 30 heavy (non-hydrogen) atoms. The van der Waals surface area contributed by atoms with Crippen LogP contribution in [0.2, 0.25) is 0 Å². The summed E-state index contributed by atoms with van der Waals surface area (Å²) in [6.07, 6.45) is 7.88. The molecule has 2 heterocycles. The second-order valence-corrected chi connectivity index (χ2v) is 7.83. The van der Waals surface area contributed by atoms with Gasteiger partial charge in [-0.2, -0.15) is 4.98 Å². The smallest absolute Gasteiger partial charge is 0.229 e. The van der Waals surface area contributed by atoms with Crippen molar-refractivity contribution >= 4 is 17.5 Å². The van der Waals surface area contributed by atoms with Gasteiger partial charge in [-0.15, -0.1) is 13.2 Å². The van der Waals surface area contributed by atoms with Gasteiger partial charge in [0.2, 0.25) is 5.95 Å². The van der Waals surface area contributed by atoms with Crippen molar-refractivity contribution < 1.29 is 4.74 Å². The molecular formula is C24H33N5O. The van der Waals surface area contributed by atoms with E-state index in [0.717, 1.165) is 50.7 Å². The molecule has 1 aromatic heterocycles. The molecule has 1 aliphatic heterocycles. The first-order valence-corrected chi connectivity index (χ1v) is 10.6. The van der Waals surface area contributed by atoms with Gasteiger partial charge in [0, 0.05) is 38.1 Å². The summed E-state index contributed by atoms with van der Waals surface area (Å²) in [5, 5.41) is 3.36. The fourth-order valence-electron chi connectivity index (χ4n) is 3.79. The Morgan fingerprint density at radius 2 is 2.20 bits per heavy atom. The monoisotopic (exact) mass is 407 g/mol. The van der Waals surface area contributed by atoms with Gasteiger partial charge in [-0.25, -0.2) is 4.98 Å². The second kappa shape index (κ2) is 11.5. The summed E-state index contributed by atoms with van der Waals surface area (Å²) < 4.78 is 5.66. The summed E-state index contributed by atoms with van der Waals surface area (Å²) in [5.41, 5.74) is 2.23. The Bertz CT molecular complexity index is 825. The summed E-state index contributed by atoms with van der Waals surface area (Å²) in [7, 11) is 2.09. The Kier molecular flexibility index (Phi) is 8.41. The molecular weight excluding hydrogens is 374 g/mol. The quantitative estimate of drug-likeness (QED) is 0.444. The molecule has 6 heteroatoms. The van der Waals surface area contributed by atoms with Gasteiger partial charge >= 0.3 is 0 Å². The van der Waals surface area contributed by atoms with Crippen LogP contribution < -0.4 is 10.2 Å². The third-order valence-corrected chi connectivity index (χ3v) is 5.15. The van der Waals surface area contributed by atoms with E-state index in [4.69, 9.17) is 9.72 Å². The van der Waals surface area contributed by atoms with Gasteiger partial charge in [0.25, 0.3) is 0 Å². The molecule has 1 aromatic carbocycles. The average molecular weight is 408 g/mol. The van der Waals surface area contributed by atoms with Crippen molar-refractivity contribution in [3.05, 3.63) is 67.4 Å². The highest BCUT2D eigenvalue weighted by atomic mass is 16.5. The number of likely N-dealkylation sites (N-methyl/N-ethyl adjacent to an activating group) is 1. The van der Waals surface area contributed by atoms with Crippen LogP contribution in [0.5, 0.6) is 0 Å². The lowest BCUT2D eigenvalue weighted by molar-refractivity contribution is 0.115. The zero-order valence-corrected chi connectivity index (χ0v) is 18.0. The van der Waals surface area contributed by atoms with Gasteiger partial charge in [0.05, 0.1) is 13.2 Å². The number of anilines is 3. The molecule has 1 atom stereocenters. The lowest BCUT2D eigenvalue weighted by Gasteiger charge is -2.33. The molecule has 160 valence electrons. The van der Waals surface area contributed by atoms with E-state index >= 15 is 0 Å². The third kappa shape index (κ3) is 6.68. The molecule has 0 bridgehead atoms. The zero-order chi connectivity index (χ0) is 21.2. The molecule has 0 radical (unpaired) electrons. The molecule has 2 aromatic rings. The Morgan fingerprint density at radius 3 is 3.03 bits per heavy atom. The van der Waals surface area contributed by atoms with Crippen molar-refractivity contribution in [1.82, 2.24) is 14.9 Å². The average Bonchev–Trinajstić information content (AvgIpc) is 2.75. The first kappa shape index (κ1) is 22.0. The van der Waals surface area contributed by atoms with Gasteiger partial charge in [-0.1, -0.05) is 24.3 Å². The Morgan fingerprint density at radius 1 is 1.30 bits per heavy atom. The van der Waals surface area contributed by atoms with Crippen LogP contribution in [0, 0.1) is 5.92 Å². The molecule has 6 nitrogen and oxygen atoms in total. The Labute approximate surface area is 180 Å². The molecule has 1 fully saturated rings. The molecule has 1 unspecified atom stereocenters. The number of rotatable bonds is 11.